The first-order chi connectivity index (χ1) is 5.15. The fourth-order valence-corrected chi connectivity index (χ4v) is 0.842. The number of amidine groups is 1. The van der Waals surface area contributed by atoms with Gasteiger partial charge in [-0.05, 0) is 13.6 Å². The van der Waals surface area contributed by atoms with Crippen LogP contribution in [0.15, 0.2) is 22.3 Å². The molecule has 11 heavy (non-hydrogen) atoms. The van der Waals surface area contributed by atoms with Crippen LogP contribution >= 0.6 is 0 Å². The van der Waals surface area contributed by atoms with Gasteiger partial charge in [0.2, 0.25) is 0 Å². The Morgan fingerprint density at radius 1 is 1.73 bits per heavy atom. The number of aliphatic imine (C=N–C) groups is 2. The van der Waals surface area contributed by atoms with E-state index in [1.807, 2.05) is 14.0 Å². The summed E-state index contributed by atoms with van der Waals surface area (Å²) >= 11 is 0. The first-order valence-electron chi connectivity index (χ1n) is 3.35. The van der Waals surface area contributed by atoms with Crippen LogP contribution in [0.4, 0.5) is 0 Å². The van der Waals surface area contributed by atoms with E-state index < -0.39 is 0 Å². The number of nitrogens with zero attached hydrogens (tertiary/aromatic N) is 3. The highest BCUT2D eigenvalue weighted by Crippen LogP contribution is 2.08. The molecule has 4 nitrogen and oxygen atoms in total. The van der Waals surface area contributed by atoms with Crippen molar-refractivity contribution in [3.05, 3.63) is 12.3 Å². The first-order valence-corrected chi connectivity index (χ1v) is 3.35. The second-order valence-corrected chi connectivity index (χ2v) is 2.42. The lowest BCUT2D eigenvalue weighted by atomic mass is 10.4. The average Bonchev–Trinajstić information content (AvgIpc) is 1.97. The maximum atomic E-state index is 4.17. The van der Waals surface area contributed by atoms with E-state index in [0.29, 0.717) is 5.70 Å². The van der Waals surface area contributed by atoms with E-state index in [1.54, 1.807) is 5.01 Å². The summed E-state index contributed by atoms with van der Waals surface area (Å²) in [6.45, 7) is 9.07. The molecular formula is C7H12N4. The van der Waals surface area contributed by atoms with Gasteiger partial charge in [0.05, 0.1) is 5.70 Å². The van der Waals surface area contributed by atoms with Crippen molar-refractivity contribution < 1.29 is 0 Å². The molecule has 0 aromatic rings. The van der Waals surface area contributed by atoms with Gasteiger partial charge in [0.25, 0.3) is 0 Å². The molecule has 0 saturated carbocycles. The van der Waals surface area contributed by atoms with Crippen molar-refractivity contribution in [1.82, 2.24) is 10.4 Å². The van der Waals surface area contributed by atoms with Crippen LogP contribution < -0.4 is 5.43 Å². The standard InChI is InChI=1S/C7H12N4/c1-5-7(8-3)10-11(4)6(2)9-5/h7,10H,1,3H2,2,4H3. The monoisotopic (exact) mass is 152 g/mol. The van der Waals surface area contributed by atoms with Crippen LogP contribution in [0.3, 0.4) is 0 Å². The van der Waals surface area contributed by atoms with E-state index >= 15 is 0 Å². The minimum absolute atomic E-state index is 0.177. The van der Waals surface area contributed by atoms with Gasteiger partial charge in [-0.15, -0.1) is 0 Å². The minimum Gasteiger partial charge on any atom is -0.297 e. The summed E-state index contributed by atoms with van der Waals surface area (Å²) in [6, 6.07) is 0. The van der Waals surface area contributed by atoms with E-state index in [0.717, 1.165) is 5.84 Å². The van der Waals surface area contributed by atoms with E-state index in [-0.39, 0.29) is 6.17 Å². The van der Waals surface area contributed by atoms with Crippen molar-refractivity contribution in [2.24, 2.45) is 9.98 Å². The number of nitrogens with one attached hydrogen (secondary N) is 1. The van der Waals surface area contributed by atoms with Crippen molar-refractivity contribution in [2.45, 2.75) is 13.1 Å². The molecule has 0 radical (unpaired) electrons. The summed E-state index contributed by atoms with van der Waals surface area (Å²) in [7, 11) is 1.88. The summed E-state index contributed by atoms with van der Waals surface area (Å²) in [5, 5.41) is 1.80. The summed E-state index contributed by atoms with van der Waals surface area (Å²) in [5.41, 5.74) is 3.74. The molecule has 1 rings (SSSR count). The second kappa shape index (κ2) is 2.84. The predicted octanol–water partition coefficient (Wildman–Crippen LogP) is 0.395. The fraction of sp³-hybridized carbons (Fsp3) is 0.429. The molecule has 0 aromatic carbocycles. The zero-order valence-electron chi connectivity index (χ0n) is 6.83. The molecule has 1 aliphatic heterocycles. The van der Waals surface area contributed by atoms with Crippen LogP contribution in [0.5, 0.6) is 0 Å². The SMILES string of the molecule is C=NC1NN(C)C(C)=NC1=C. The van der Waals surface area contributed by atoms with E-state index in [9.17, 15) is 0 Å². The molecule has 0 spiro atoms. The number of hydrogen-bond donors (Lipinski definition) is 1. The molecule has 0 saturated heterocycles. The Balaban J connectivity index is 2.83. The molecule has 4 heteroatoms. The number of hydrazine groups is 1. The van der Waals surface area contributed by atoms with Crippen molar-refractivity contribution in [1.29, 1.82) is 0 Å². The number of hydrogen-bond acceptors (Lipinski definition) is 4. The maximum Gasteiger partial charge on any atom is 0.157 e. The largest absolute Gasteiger partial charge is 0.297 e. The Morgan fingerprint density at radius 2 is 2.36 bits per heavy atom. The van der Waals surface area contributed by atoms with Gasteiger partial charge in [-0.3, -0.25) is 10.0 Å². The summed E-state index contributed by atoms with van der Waals surface area (Å²) in [5.74, 6) is 0.884. The molecular weight excluding hydrogens is 140 g/mol. The normalized spacial score (nSPS) is 24.9. The molecule has 0 bridgehead atoms. The highest BCUT2D eigenvalue weighted by atomic mass is 15.6. The molecule has 0 fully saturated rings. The average molecular weight is 152 g/mol. The zero-order chi connectivity index (χ0) is 8.43. The Kier molecular flexibility index (Phi) is 2.05. The Bertz CT molecular complexity index is 218. The van der Waals surface area contributed by atoms with Crippen LogP contribution in [-0.4, -0.2) is 30.8 Å². The van der Waals surface area contributed by atoms with Crippen LogP contribution in [0.25, 0.3) is 0 Å². The molecule has 60 valence electrons. The van der Waals surface area contributed by atoms with Crippen LogP contribution in [0.1, 0.15) is 6.92 Å². The third-order valence-corrected chi connectivity index (χ3v) is 1.60. The molecule has 1 unspecified atom stereocenters. The van der Waals surface area contributed by atoms with E-state index in [2.05, 4.69) is 28.7 Å². The smallest absolute Gasteiger partial charge is 0.157 e. The van der Waals surface area contributed by atoms with Gasteiger partial charge in [0.1, 0.15) is 5.84 Å². The third kappa shape index (κ3) is 1.46. The van der Waals surface area contributed by atoms with Crippen LogP contribution in [0, 0.1) is 0 Å². The molecule has 1 aliphatic rings. The van der Waals surface area contributed by atoms with Crippen LogP contribution in [0.2, 0.25) is 0 Å². The molecule has 0 amide bonds. The molecule has 0 aromatic heterocycles. The van der Waals surface area contributed by atoms with Gasteiger partial charge in [-0.1, -0.05) is 6.58 Å². The number of rotatable bonds is 1. The summed E-state index contributed by atoms with van der Waals surface area (Å²) in [6.07, 6.45) is -0.177. The maximum absolute atomic E-state index is 4.17. The lowest BCUT2D eigenvalue weighted by Crippen LogP contribution is -2.47. The van der Waals surface area contributed by atoms with Gasteiger partial charge in [0, 0.05) is 7.05 Å². The molecule has 0 aliphatic carbocycles. The van der Waals surface area contributed by atoms with Gasteiger partial charge in [0.15, 0.2) is 6.17 Å². The lowest BCUT2D eigenvalue weighted by Gasteiger charge is -2.29. The fourth-order valence-electron chi connectivity index (χ4n) is 0.842. The van der Waals surface area contributed by atoms with Gasteiger partial charge in [-0.2, -0.15) is 0 Å². The second-order valence-electron chi connectivity index (χ2n) is 2.42. The topological polar surface area (TPSA) is 40.0 Å². The lowest BCUT2D eigenvalue weighted by molar-refractivity contribution is 0.313. The third-order valence-electron chi connectivity index (χ3n) is 1.60. The summed E-state index contributed by atoms with van der Waals surface area (Å²) < 4.78 is 0. The van der Waals surface area contributed by atoms with Crippen molar-refractivity contribution in [3.8, 4) is 0 Å². The van der Waals surface area contributed by atoms with Gasteiger partial charge in [-0.25, -0.2) is 10.4 Å². The molecule has 1 N–H and O–H groups in total. The van der Waals surface area contributed by atoms with Gasteiger partial charge >= 0.3 is 0 Å². The zero-order valence-corrected chi connectivity index (χ0v) is 6.83. The Hall–Kier alpha value is -1.16. The molecule has 1 heterocycles. The van der Waals surface area contributed by atoms with E-state index in [1.165, 1.54) is 0 Å². The quantitative estimate of drug-likeness (QED) is 0.552. The first kappa shape index (κ1) is 7.94. The van der Waals surface area contributed by atoms with Crippen molar-refractivity contribution >= 4 is 12.6 Å². The van der Waals surface area contributed by atoms with Gasteiger partial charge < -0.3 is 0 Å². The predicted molar refractivity (Wildman–Crippen MR) is 46.5 cm³/mol. The Morgan fingerprint density at radius 3 is 2.91 bits per heavy atom. The highest BCUT2D eigenvalue weighted by molar-refractivity contribution is 5.80. The Labute approximate surface area is 66.3 Å². The van der Waals surface area contributed by atoms with Crippen LogP contribution in [-0.2, 0) is 0 Å². The highest BCUT2D eigenvalue weighted by Gasteiger charge is 2.17. The van der Waals surface area contributed by atoms with Crippen molar-refractivity contribution in [3.63, 3.8) is 0 Å². The minimum atomic E-state index is -0.177. The molecule has 1 atom stereocenters. The summed E-state index contributed by atoms with van der Waals surface area (Å²) in [4.78, 5) is 7.97. The van der Waals surface area contributed by atoms with Crippen molar-refractivity contribution in [2.75, 3.05) is 7.05 Å². The van der Waals surface area contributed by atoms with E-state index in [4.69, 9.17) is 0 Å².